The Labute approximate surface area is 122 Å². The van der Waals surface area contributed by atoms with E-state index in [0.29, 0.717) is 10.9 Å². The van der Waals surface area contributed by atoms with Crippen molar-refractivity contribution in [2.45, 2.75) is 31.3 Å². The van der Waals surface area contributed by atoms with Crippen molar-refractivity contribution >= 4 is 23.4 Å². The molecule has 0 spiro atoms. The number of carbonyl (C=O) groups is 1. The molecule has 1 aromatic heterocycles. The maximum atomic E-state index is 11.8. The van der Waals surface area contributed by atoms with Crippen molar-refractivity contribution in [3.8, 4) is 0 Å². The lowest BCUT2D eigenvalue weighted by molar-refractivity contribution is -0.113. The first-order valence-electron chi connectivity index (χ1n) is 6.34. The Morgan fingerprint density at radius 2 is 2.00 bits per heavy atom. The van der Waals surface area contributed by atoms with Crippen LogP contribution in [0, 0.1) is 0 Å². The second-order valence-corrected chi connectivity index (χ2v) is 6.42. The molecule has 5 nitrogen and oxygen atoms in total. The first kappa shape index (κ1) is 14.6. The van der Waals surface area contributed by atoms with Crippen molar-refractivity contribution in [1.82, 2.24) is 15.2 Å². The van der Waals surface area contributed by atoms with Gasteiger partial charge in [-0.1, -0.05) is 44.7 Å². The Bertz CT molecular complexity index is 558. The van der Waals surface area contributed by atoms with Gasteiger partial charge in [0.15, 0.2) is 5.16 Å². The standard InChI is InChI=1S/C14H18N4OS/c1-14(2,3)10-4-6-11(7-5-10)17-12(19)8-20-13-15-9-16-18-13/h4-7,9H,8H2,1-3H3,(H,17,19)(H,15,16,18). The zero-order valence-electron chi connectivity index (χ0n) is 11.8. The summed E-state index contributed by atoms with van der Waals surface area (Å²) in [6.07, 6.45) is 1.49. The molecule has 1 heterocycles. The van der Waals surface area contributed by atoms with E-state index in [2.05, 4.69) is 41.3 Å². The molecule has 2 N–H and O–H groups in total. The molecule has 0 aliphatic rings. The van der Waals surface area contributed by atoms with Gasteiger partial charge in [-0.25, -0.2) is 0 Å². The molecule has 0 atom stereocenters. The van der Waals surface area contributed by atoms with E-state index >= 15 is 0 Å². The van der Waals surface area contributed by atoms with Crippen LogP contribution in [0.15, 0.2) is 35.7 Å². The highest BCUT2D eigenvalue weighted by molar-refractivity contribution is 7.99. The van der Waals surface area contributed by atoms with Gasteiger partial charge in [0.05, 0.1) is 5.75 Å². The maximum absolute atomic E-state index is 11.8. The van der Waals surface area contributed by atoms with Gasteiger partial charge >= 0.3 is 0 Å². The van der Waals surface area contributed by atoms with E-state index in [0.717, 1.165) is 5.69 Å². The van der Waals surface area contributed by atoms with E-state index in [1.165, 1.54) is 23.7 Å². The quantitative estimate of drug-likeness (QED) is 0.849. The minimum Gasteiger partial charge on any atom is -0.325 e. The molecule has 2 aromatic rings. The monoisotopic (exact) mass is 290 g/mol. The number of hydrogen-bond acceptors (Lipinski definition) is 4. The molecule has 2 rings (SSSR count). The number of nitrogens with zero attached hydrogens (tertiary/aromatic N) is 2. The maximum Gasteiger partial charge on any atom is 0.234 e. The van der Waals surface area contributed by atoms with Crippen LogP contribution in [0.2, 0.25) is 0 Å². The predicted octanol–water partition coefficient (Wildman–Crippen LogP) is 2.83. The lowest BCUT2D eigenvalue weighted by atomic mass is 9.87. The summed E-state index contributed by atoms with van der Waals surface area (Å²) in [5.74, 6) is 0.242. The zero-order chi connectivity index (χ0) is 14.6. The van der Waals surface area contributed by atoms with Gasteiger partial charge in [0.25, 0.3) is 0 Å². The summed E-state index contributed by atoms with van der Waals surface area (Å²) < 4.78 is 0. The molecule has 20 heavy (non-hydrogen) atoms. The van der Waals surface area contributed by atoms with Crippen molar-refractivity contribution in [3.05, 3.63) is 36.2 Å². The fraction of sp³-hybridized carbons (Fsp3) is 0.357. The topological polar surface area (TPSA) is 70.7 Å². The number of carbonyl (C=O) groups excluding carboxylic acids is 1. The number of benzene rings is 1. The normalized spacial score (nSPS) is 11.3. The largest absolute Gasteiger partial charge is 0.325 e. The van der Waals surface area contributed by atoms with Crippen molar-refractivity contribution in [2.24, 2.45) is 0 Å². The van der Waals surface area contributed by atoms with Gasteiger partial charge in [-0.05, 0) is 23.1 Å². The number of rotatable bonds is 4. The fourth-order valence-electron chi connectivity index (χ4n) is 1.65. The van der Waals surface area contributed by atoms with Gasteiger partial charge in [0.2, 0.25) is 5.91 Å². The molecule has 0 aliphatic heterocycles. The Morgan fingerprint density at radius 1 is 1.30 bits per heavy atom. The molecule has 1 amide bonds. The number of H-pyrrole nitrogens is 1. The number of hydrogen-bond donors (Lipinski definition) is 2. The van der Waals surface area contributed by atoms with E-state index in [-0.39, 0.29) is 11.3 Å². The molecule has 0 saturated carbocycles. The molecular formula is C14H18N4OS. The summed E-state index contributed by atoms with van der Waals surface area (Å²) in [7, 11) is 0. The minimum absolute atomic E-state index is 0.0603. The molecule has 6 heteroatoms. The number of aromatic amines is 1. The highest BCUT2D eigenvalue weighted by Gasteiger charge is 2.13. The molecule has 0 radical (unpaired) electrons. The third kappa shape index (κ3) is 4.09. The SMILES string of the molecule is CC(C)(C)c1ccc(NC(=O)CSc2nnc[nH]2)cc1. The van der Waals surface area contributed by atoms with Crippen molar-refractivity contribution in [2.75, 3.05) is 11.1 Å². The van der Waals surface area contributed by atoms with Crippen LogP contribution in [-0.4, -0.2) is 26.8 Å². The molecule has 0 unspecified atom stereocenters. The second-order valence-electron chi connectivity index (χ2n) is 5.46. The summed E-state index contributed by atoms with van der Waals surface area (Å²) in [4.78, 5) is 14.6. The third-order valence-electron chi connectivity index (χ3n) is 2.77. The van der Waals surface area contributed by atoms with E-state index < -0.39 is 0 Å². The average molecular weight is 290 g/mol. The van der Waals surface area contributed by atoms with Crippen LogP contribution in [0.25, 0.3) is 0 Å². The lowest BCUT2D eigenvalue weighted by Crippen LogP contribution is -2.15. The van der Waals surface area contributed by atoms with Gasteiger partial charge in [-0.15, -0.1) is 10.2 Å². The molecule has 0 aliphatic carbocycles. The van der Waals surface area contributed by atoms with Crippen LogP contribution in [0.5, 0.6) is 0 Å². The van der Waals surface area contributed by atoms with Gasteiger partial charge in [-0.3, -0.25) is 4.79 Å². The van der Waals surface area contributed by atoms with Crippen LogP contribution < -0.4 is 5.32 Å². The van der Waals surface area contributed by atoms with Crippen LogP contribution in [0.1, 0.15) is 26.3 Å². The number of nitrogens with one attached hydrogen (secondary N) is 2. The Hall–Kier alpha value is -1.82. The molecule has 1 aromatic carbocycles. The van der Waals surface area contributed by atoms with Gasteiger partial charge in [0, 0.05) is 5.69 Å². The zero-order valence-corrected chi connectivity index (χ0v) is 12.6. The average Bonchev–Trinajstić information content (AvgIpc) is 2.89. The summed E-state index contributed by atoms with van der Waals surface area (Å²) in [6, 6.07) is 7.94. The summed E-state index contributed by atoms with van der Waals surface area (Å²) in [6.45, 7) is 6.48. The Balaban J connectivity index is 1.88. The van der Waals surface area contributed by atoms with E-state index in [4.69, 9.17) is 0 Å². The first-order chi connectivity index (χ1) is 9.45. The molecule has 0 bridgehead atoms. The lowest BCUT2D eigenvalue weighted by Gasteiger charge is -2.19. The Morgan fingerprint density at radius 3 is 2.55 bits per heavy atom. The third-order valence-corrected chi connectivity index (χ3v) is 3.65. The van der Waals surface area contributed by atoms with Gasteiger partial charge in [0.1, 0.15) is 6.33 Å². The fourth-order valence-corrected chi connectivity index (χ4v) is 2.23. The molecular weight excluding hydrogens is 272 g/mol. The van der Waals surface area contributed by atoms with E-state index in [1.807, 2.05) is 24.3 Å². The number of thioether (sulfide) groups is 1. The van der Waals surface area contributed by atoms with Crippen molar-refractivity contribution in [3.63, 3.8) is 0 Å². The van der Waals surface area contributed by atoms with Crippen LogP contribution in [-0.2, 0) is 10.2 Å². The highest BCUT2D eigenvalue weighted by atomic mass is 32.2. The number of aromatic nitrogens is 3. The highest BCUT2D eigenvalue weighted by Crippen LogP contribution is 2.23. The van der Waals surface area contributed by atoms with Crippen molar-refractivity contribution < 1.29 is 4.79 Å². The smallest absolute Gasteiger partial charge is 0.234 e. The first-order valence-corrected chi connectivity index (χ1v) is 7.33. The molecule has 0 fully saturated rings. The van der Waals surface area contributed by atoms with Crippen LogP contribution in [0.4, 0.5) is 5.69 Å². The molecule has 106 valence electrons. The minimum atomic E-state index is -0.0603. The summed E-state index contributed by atoms with van der Waals surface area (Å²) >= 11 is 1.32. The molecule has 0 saturated heterocycles. The van der Waals surface area contributed by atoms with E-state index in [1.54, 1.807) is 0 Å². The van der Waals surface area contributed by atoms with Gasteiger partial charge < -0.3 is 10.3 Å². The van der Waals surface area contributed by atoms with Crippen LogP contribution >= 0.6 is 11.8 Å². The van der Waals surface area contributed by atoms with E-state index in [9.17, 15) is 4.79 Å². The van der Waals surface area contributed by atoms with Crippen molar-refractivity contribution in [1.29, 1.82) is 0 Å². The number of anilines is 1. The Kier molecular flexibility index (Phi) is 4.44. The summed E-state index contributed by atoms with van der Waals surface area (Å²) in [5.41, 5.74) is 2.16. The number of amides is 1. The second kappa shape index (κ2) is 6.09. The predicted molar refractivity (Wildman–Crippen MR) is 80.9 cm³/mol. The summed E-state index contributed by atoms with van der Waals surface area (Å²) in [5, 5.41) is 11.0. The van der Waals surface area contributed by atoms with Gasteiger partial charge in [-0.2, -0.15) is 0 Å². The van der Waals surface area contributed by atoms with Crippen LogP contribution in [0.3, 0.4) is 0 Å².